The first-order valence-corrected chi connectivity index (χ1v) is 6.42. The molecule has 0 unspecified atom stereocenters. The lowest BCUT2D eigenvalue weighted by Gasteiger charge is -2.28. The number of amides is 2. The smallest absolute Gasteiger partial charge is 0.265 e. The molecule has 103 valence electrons. The zero-order valence-corrected chi connectivity index (χ0v) is 11.0. The molecule has 5 heteroatoms. The van der Waals surface area contributed by atoms with E-state index in [1.54, 1.807) is 12.4 Å². The molecule has 0 atom stereocenters. The van der Waals surface area contributed by atoms with Crippen molar-refractivity contribution in [3.63, 3.8) is 0 Å². The lowest BCUT2D eigenvalue weighted by Crippen LogP contribution is -2.47. The highest BCUT2D eigenvalue weighted by Crippen LogP contribution is 2.13. The summed E-state index contributed by atoms with van der Waals surface area (Å²) in [7, 11) is 0. The molecule has 2 amide bonds. The van der Waals surface area contributed by atoms with E-state index in [0.29, 0.717) is 19.4 Å². The molecule has 2 rings (SSSR count). The van der Waals surface area contributed by atoms with Crippen molar-refractivity contribution < 1.29 is 14.4 Å². The van der Waals surface area contributed by atoms with Gasteiger partial charge < -0.3 is 0 Å². The summed E-state index contributed by atoms with van der Waals surface area (Å²) in [5.74, 6) is -0.533. The lowest BCUT2D eigenvalue weighted by molar-refractivity contribution is -0.154. The molecule has 1 heterocycles. The number of carbonyl (C=O) groups excluding carboxylic acids is 3. The average molecular weight is 271 g/mol. The number of hydrogen-bond donors (Lipinski definition) is 0. The Balaban J connectivity index is 2.09. The van der Waals surface area contributed by atoms with Crippen LogP contribution < -0.4 is 0 Å². The zero-order chi connectivity index (χ0) is 14.4. The molecule has 0 aliphatic carbocycles. The van der Waals surface area contributed by atoms with Gasteiger partial charge in [-0.3, -0.25) is 19.4 Å². The van der Waals surface area contributed by atoms with E-state index < -0.39 is 5.91 Å². The Morgan fingerprint density at radius 1 is 1.35 bits per heavy atom. The fraction of sp³-hybridized carbons (Fsp3) is 0.267. The number of hydrogen-bond acceptors (Lipinski definition) is 3. The van der Waals surface area contributed by atoms with Gasteiger partial charge in [0.05, 0.1) is 0 Å². The fourth-order valence-electron chi connectivity index (χ4n) is 2.05. The maximum Gasteiger partial charge on any atom is 0.265 e. The first-order chi connectivity index (χ1) is 9.72. The molecule has 1 aliphatic heterocycles. The second kappa shape index (κ2) is 6.65. The minimum Gasteiger partial charge on any atom is -0.289 e. The van der Waals surface area contributed by atoms with E-state index >= 15 is 0 Å². The third-order valence-corrected chi connectivity index (χ3v) is 3.03. The van der Waals surface area contributed by atoms with Gasteiger partial charge in [-0.2, -0.15) is 0 Å². The minimum atomic E-state index is -0.396. The van der Waals surface area contributed by atoms with Crippen LogP contribution in [0.3, 0.4) is 0 Å². The van der Waals surface area contributed by atoms with Crippen LogP contribution in [0.4, 0.5) is 0 Å². The van der Waals surface area contributed by atoms with Crippen LogP contribution in [0.1, 0.15) is 18.4 Å². The molecule has 1 aliphatic rings. The molecular weight excluding hydrogens is 256 g/mol. The summed E-state index contributed by atoms with van der Waals surface area (Å²) >= 11 is 0. The highest BCUT2D eigenvalue weighted by molar-refractivity contribution is 5.94. The second-order valence-electron chi connectivity index (χ2n) is 4.40. The predicted molar refractivity (Wildman–Crippen MR) is 73.8 cm³/mol. The Morgan fingerprint density at radius 2 is 2.10 bits per heavy atom. The van der Waals surface area contributed by atoms with Crippen LogP contribution in [-0.4, -0.2) is 41.2 Å². The molecule has 1 aromatic carbocycles. The van der Waals surface area contributed by atoms with Crippen molar-refractivity contribution in [1.29, 1.82) is 0 Å². The van der Waals surface area contributed by atoms with Crippen LogP contribution in [0, 0.1) is 0 Å². The molecule has 1 fully saturated rings. The predicted octanol–water partition coefficient (Wildman–Crippen LogP) is 1.18. The van der Waals surface area contributed by atoms with E-state index in [1.807, 2.05) is 30.3 Å². The molecule has 0 bridgehead atoms. The Bertz CT molecular complexity index is 525. The van der Waals surface area contributed by atoms with Crippen LogP contribution in [0.25, 0.3) is 6.08 Å². The number of rotatable bonds is 5. The van der Waals surface area contributed by atoms with Crippen molar-refractivity contribution in [3.8, 4) is 0 Å². The van der Waals surface area contributed by atoms with Gasteiger partial charge in [0.2, 0.25) is 12.2 Å². The van der Waals surface area contributed by atoms with E-state index in [1.165, 1.54) is 11.1 Å². The summed E-state index contributed by atoms with van der Waals surface area (Å²) in [6.45, 7) is 0.231. The maximum atomic E-state index is 12.1. The Morgan fingerprint density at radius 3 is 2.70 bits per heavy atom. The van der Waals surface area contributed by atoms with E-state index in [2.05, 4.69) is 0 Å². The summed E-state index contributed by atoms with van der Waals surface area (Å²) in [5.41, 5.74) is 0.878. The quantitative estimate of drug-likeness (QED) is 0.755. The first kappa shape index (κ1) is 14.0. The highest BCUT2D eigenvalue weighted by Gasteiger charge is 2.28. The maximum absolute atomic E-state index is 12.1. The van der Waals surface area contributed by atoms with Gasteiger partial charge in [-0.25, -0.2) is 5.01 Å². The topological polar surface area (TPSA) is 57.7 Å². The first-order valence-electron chi connectivity index (χ1n) is 6.42. The number of benzene rings is 1. The summed E-state index contributed by atoms with van der Waals surface area (Å²) in [5, 5.41) is 2.46. The fourth-order valence-corrected chi connectivity index (χ4v) is 2.05. The van der Waals surface area contributed by atoms with Crippen LogP contribution in [0.5, 0.6) is 0 Å². The molecule has 0 saturated carbocycles. The molecular formula is C15H15N2O3. The Hall–Kier alpha value is -2.43. The van der Waals surface area contributed by atoms with Gasteiger partial charge in [-0.15, -0.1) is 0 Å². The molecule has 1 aromatic rings. The molecule has 0 spiro atoms. The molecule has 1 radical (unpaired) electrons. The van der Waals surface area contributed by atoms with Gasteiger partial charge in [0.1, 0.15) is 6.54 Å². The van der Waals surface area contributed by atoms with Gasteiger partial charge in [0.15, 0.2) is 0 Å². The summed E-state index contributed by atoms with van der Waals surface area (Å²) in [6, 6.07) is 9.34. The van der Waals surface area contributed by atoms with Crippen molar-refractivity contribution in [2.45, 2.75) is 12.8 Å². The lowest BCUT2D eigenvalue weighted by atomic mass is 10.2. The van der Waals surface area contributed by atoms with Gasteiger partial charge in [-0.1, -0.05) is 30.3 Å². The molecule has 5 nitrogen and oxygen atoms in total. The van der Waals surface area contributed by atoms with E-state index in [0.717, 1.165) is 10.6 Å². The van der Waals surface area contributed by atoms with Crippen LogP contribution in [0.2, 0.25) is 0 Å². The zero-order valence-electron chi connectivity index (χ0n) is 11.0. The van der Waals surface area contributed by atoms with Crippen molar-refractivity contribution in [3.05, 3.63) is 42.0 Å². The second-order valence-corrected chi connectivity index (χ2v) is 4.40. The molecule has 20 heavy (non-hydrogen) atoms. The molecule has 1 saturated heterocycles. The number of nitrogens with zero attached hydrogens (tertiary/aromatic N) is 2. The van der Waals surface area contributed by atoms with Gasteiger partial charge in [0.25, 0.3) is 5.91 Å². The van der Waals surface area contributed by atoms with E-state index in [9.17, 15) is 14.4 Å². The third kappa shape index (κ3) is 3.32. The number of hydrazine groups is 1. The largest absolute Gasteiger partial charge is 0.289 e. The van der Waals surface area contributed by atoms with Crippen molar-refractivity contribution >= 4 is 24.2 Å². The van der Waals surface area contributed by atoms with Gasteiger partial charge in [0, 0.05) is 19.0 Å². The third-order valence-electron chi connectivity index (χ3n) is 3.03. The molecule has 0 N–H and O–H groups in total. The summed E-state index contributed by atoms with van der Waals surface area (Å²) in [6.07, 6.45) is 5.79. The van der Waals surface area contributed by atoms with Crippen molar-refractivity contribution in [2.24, 2.45) is 0 Å². The summed E-state index contributed by atoms with van der Waals surface area (Å²) in [4.78, 5) is 34.3. The van der Waals surface area contributed by atoms with E-state index in [4.69, 9.17) is 0 Å². The Kier molecular flexibility index (Phi) is 4.65. The SMILES string of the molecule is O=[C]CN(C(=O)/C=C/c1ccccc1)N1CCCC1=O. The summed E-state index contributed by atoms with van der Waals surface area (Å²) < 4.78 is 0. The average Bonchev–Trinajstić information content (AvgIpc) is 2.89. The van der Waals surface area contributed by atoms with Crippen molar-refractivity contribution in [2.75, 3.05) is 13.1 Å². The van der Waals surface area contributed by atoms with Crippen LogP contribution in [-0.2, 0) is 14.4 Å². The van der Waals surface area contributed by atoms with Gasteiger partial charge in [-0.05, 0) is 18.1 Å². The van der Waals surface area contributed by atoms with E-state index in [-0.39, 0.29) is 12.5 Å². The monoisotopic (exact) mass is 271 g/mol. The highest BCUT2D eigenvalue weighted by atomic mass is 16.2. The number of carbonyl (C=O) groups is 2. The standard InChI is InChI=1S/C15H15N2O3/c18-12-11-17(16-10-4-7-14(16)19)15(20)9-8-13-5-2-1-3-6-13/h1-3,5-6,8-9H,4,7,10-11H2/b9-8+. The molecule has 0 aromatic heterocycles. The van der Waals surface area contributed by atoms with Gasteiger partial charge >= 0.3 is 0 Å². The van der Waals surface area contributed by atoms with Crippen molar-refractivity contribution in [1.82, 2.24) is 10.0 Å². The Labute approximate surface area is 117 Å². The van der Waals surface area contributed by atoms with Crippen LogP contribution >= 0.6 is 0 Å². The normalized spacial score (nSPS) is 14.8. The van der Waals surface area contributed by atoms with Crippen LogP contribution in [0.15, 0.2) is 36.4 Å². The minimum absolute atomic E-state index is 0.137.